The third-order valence-corrected chi connectivity index (χ3v) is 6.98. The Morgan fingerprint density at radius 1 is 1.08 bits per heavy atom. The number of anilines is 1. The number of nitrogens with zero attached hydrogens (tertiary/aromatic N) is 2. The quantitative estimate of drug-likeness (QED) is 0.664. The predicted octanol–water partition coefficient (Wildman–Crippen LogP) is 2.47. The lowest BCUT2D eigenvalue weighted by Crippen LogP contribution is -2.47. The normalized spacial score (nSPS) is 39.4. The van der Waals surface area contributed by atoms with Crippen molar-refractivity contribution in [1.82, 2.24) is 26.1 Å². The second kappa shape index (κ2) is 7.02. The molecule has 2 aliphatic heterocycles. The first-order valence-corrected chi connectivity index (χ1v) is 10.3. The van der Waals surface area contributed by atoms with Gasteiger partial charge in [0.1, 0.15) is 5.82 Å². The minimum atomic E-state index is -0.335. The molecular formula is C19H29FN6. The summed E-state index contributed by atoms with van der Waals surface area (Å²) in [5, 5.41) is 6.95. The van der Waals surface area contributed by atoms with Gasteiger partial charge in [-0.1, -0.05) is 19.3 Å². The van der Waals surface area contributed by atoms with Crippen molar-refractivity contribution in [2.24, 2.45) is 17.8 Å². The first-order chi connectivity index (χ1) is 12.8. The molecule has 3 aliphatic carbocycles. The number of piperidine rings is 1. The minimum absolute atomic E-state index is 0.0273. The molecule has 3 saturated carbocycles. The number of aromatic nitrogens is 2. The minimum Gasteiger partial charge on any atom is -0.365 e. The summed E-state index contributed by atoms with van der Waals surface area (Å²) in [4.78, 5) is 8.94. The molecule has 2 bridgehead atoms. The Labute approximate surface area is 154 Å². The molecule has 26 heavy (non-hydrogen) atoms. The SMILES string of the molecule is Fc1cnc(C2NNC3NCCCC32)nc1NC1CC2CCCC1CC2. The highest BCUT2D eigenvalue weighted by Gasteiger charge is 2.40. The molecule has 5 fully saturated rings. The zero-order valence-corrected chi connectivity index (χ0v) is 15.2. The van der Waals surface area contributed by atoms with E-state index in [9.17, 15) is 4.39 Å². The van der Waals surface area contributed by atoms with Gasteiger partial charge in [-0.15, -0.1) is 0 Å². The third kappa shape index (κ3) is 3.10. The van der Waals surface area contributed by atoms with Gasteiger partial charge in [-0.25, -0.2) is 25.2 Å². The molecule has 6 nitrogen and oxygen atoms in total. The van der Waals surface area contributed by atoms with Crippen molar-refractivity contribution < 1.29 is 4.39 Å². The van der Waals surface area contributed by atoms with E-state index in [1.807, 2.05) is 0 Å². The van der Waals surface area contributed by atoms with Crippen LogP contribution in [0.15, 0.2) is 6.20 Å². The third-order valence-electron chi connectivity index (χ3n) is 6.98. The maximum atomic E-state index is 14.5. The molecule has 3 heterocycles. The van der Waals surface area contributed by atoms with Crippen LogP contribution in [0.5, 0.6) is 0 Å². The highest BCUT2D eigenvalue weighted by Crippen LogP contribution is 2.40. The Balaban J connectivity index is 1.36. The molecule has 0 spiro atoms. The Kier molecular flexibility index (Phi) is 4.54. The molecule has 5 aliphatic rings. The molecule has 6 atom stereocenters. The molecule has 1 aromatic rings. The Morgan fingerprint density at radius 3 is 3.00 bits per heavy atom. The molecule has 0 amide bonds. The van der Waals surface area contributed by atoms with Gasteiger partial charge in [0.15, 0.2) is 11.6 Å². The molecule has 4 N–H and O–H groups in total. The highest BCUT2D eigenvalue weighted by atomic mass is 19.1. The average molecular weight is 360 g/mol. The summed E-state index contributed by atoms with van der Waals surface area (Å²) >= 11 is 0. The van der Waals surface area contributed by atoms with E-state index in [1.54, 1.807) is 0 Å². The smallest absolute Gasteiger partial charge is 0.183 e. The van der Waals surface area contributed by atoms with E-state index in [4.69, 9.17) is 0 Å². The first kappa shape index (κ1) is 16.8. The fourth-order valence-corrected chi connectivity index (χ4v) is 5.55. The monoisotopic (exact) mass is 360 g/mol. The van der Waals surface area contributed by atoms with Crippen LogP contribution in [0, 0.1) is 23.6 Å². The van der Waals surface area contributed by atoms with Crippen LogP contribution in [0.3, 0.4) is 0 Å². The molecule has 6 unspecified atom stereocenters. The topological polar surface area (TPSA) is 73.9 Å². The van der Waals surface area contributed by atoms with Crippen LogP contribution in [0.4, 0.5) is 10.2 Å². The van der Waals surface area contributed by atoms with Gasteiger partial charge >= 0.3 is 0 Å². The van der Waals surface area contributed by atoms with Gasteiger partial charge in [-0.05, 0) is 50.5 Å². The number of fused-ring (bicyclic) bond motifs is 5. The predicted molar refractivity (Wildman–Crippen MR) is 97.6 cm³/mol. The lowest BCUT2D eigenvalue weighted by Gasteiger charge is -2.33. The molecule has 0 aromatic carbocycles. The summed E-state index contributed by atoms with van der Waals surface area (Å²) in [5.41, 5.74) is 6.61. The summed E-state index contributed by atoms with van der Waals surface area (Å²) in [5.74, 6) is 2.60. The van der Waals surface area contributed by atoms with Crippen LogP contribution >= 0.6 is 0 Å². The van der Waals surface area contributed by atoms with Crippen molar-refractivity contribution in [3.05, 3.63) is 17.8 Å². The largest absolute Gasteiger partial charge is 0.365 e. The average Bonchev–Trinajstić information content (AvgIpc) is 2.83. The molecular weight excluding hydrogens is 331 g/mol. The van der Waals surface area contributed by atoms with E-state index < -0.39 is 0 Å². The van der Waals surface area contributed by atoms with Gasteiger partial charge in [-0.2, -0.15) is 0 Å². The van der Waals surface area contributed by atoms with E-state index in [2.05, 4.69) is 31.5 Å². The zero-order valence-electron chi connectivity index (χ0n) is 15.2. The summed E-state index contributed by atoms with van der Waals surface area (Å²) in [7, 11) is 0. The van der Waals surface area contributed by atoms with Gasteiger partial charge in [0, 0.05) is 12.0 Å². The summed E-state index contributed by atoms with van der Waals surface area (Å²) in [6.07, 6.45) is 11.5. The van der Waals surface area contributed by atoms with Gasteiger partial charge < -0.3 is 10.6 Å². The number of hydrogen-bond donors (Lipinski definition) is 4. The molecule has 7 heteroatoms. The van der Waals surface area contributed by atoms with Crippen molar-refractivity contribution in [2.75, 3.05) is 11.9 Å². The van der Waals surface area contributed by atoms with E-state index in [0.29, 0.717) is 29.5 Å². The zero-order chi connectivity index (χ0) is 17.5. The Hall–Kier alpha value is -1.31. The summed E-state index contributed by atoms with van der Waals surface area (Å²) < 4.78 is 14.5. The van der Waals surface area contributed by atoms with E-state index >= 15 is 0 Å². The second-order valence-electron chi connectivity index (χ2n) is 8.55. The van der Waals surface area contributed by atoms with Crippen LogP contribution in [0.2, 0.25) is 0 Å². The van der Waals surface area contributed by atoms with E-state index in [1.165, 1.54) is 38.3 Å². The number of rotatable bonds is 3. The maximum absolute atomic E-state index is 14.5. The van der Waals surface area contributed by atoms with Crippen molar-refractivity contribution >= 4 is 5.82 Å². The fourth-order valence-electron chi connectivity index (χ4n) is 5.55. The number of hydrazine groups is 1. The van der Waals surface area contributed by atoms with Crippen molar-refractivity contribution in [2.45, 2.75) is 69.6 Å². The second-order valence-corrected chi connectivity index (χ2v) is 8.55. The van der Waals surface area contributed by atoms with Crippen LogP contribution in [0.25, 0.3) is 0 Å². The van der Waals surface area contributed by atoms with E-state index in [0.717, 1.165) is 31.7 Å². The Morgan fingerprint density at radius 2 is 2.04 bits per heavy atom. The number of halogens is 1. The number of hydrogen-bond acceptors (Lipinski definition) is 6. The summed E-state index contributed by atoms with van der Waals surface area (Å²) in [6, 6.07) is 0.381. The van der Waals surface area contributed by atoms with Gasteiger partial charge in [-0.3, -0.25) is 0 Å². The lowest BCUT2D eigenvalue weighted by atomic mass is 9.80. The van der Waals surface area contributed by atoms with Crippen LogP contribution in [-0.4, -0.2) is 28.7 Å². The number of nitrogens with one attached hydrogen (secondary N) is 4. The molecule has 0 radical (unpaired) electrons. The molecule has 2 saturated heterocycles. The van der Waals surface area contributed by atoms with Crippen LogP contribution < -0.4 is 21.5 Å². The van der Waals surface area contributed by atoms with E-state index in [-0.39, 0.29) is 18.0 Å². The van der Waals surface area contributed by atoms with Crippen molar-refractivity contribution in [3.8, 4) is 0 Å². The highest BCUT2D eigenvalue weighted by molar-refractivity contribution is 5.37. The van der Waals surface area contributed by atoms with Gasteiger partial charge in [0.2, 0.25) is 0 Å². The molecule has 142 valence electrons. The molecule has 1 aromatic heterocycles. The summed E-state index contributed by atoms with van der Waals surface area (Å²) in [6.45, 7) is 1.03. The van der Waals surface area contributed by atoms with Crippen LogP contribution in [0.1, 0.15) is 63.2 Å². The van der Waals surface area contributed by atoms with Crippen molar-refractivity contribution in [3.63, 3.8) is 0 Å². The van der Waals surface area contributed by atoms with Gasteiger partial charge in [0.05, 0.1) is 18.4 Å². The van der Waals surface area contributed by atoms with Gasteiger partial charge in [0.25, 0.3) is 0 Å². The lowest BCUT2D eigenvalue weighted by molar-refractivity contribution is 0.278. The first-order valence-electron chi connectivity index (χ1n) is 10.3. The maximum Gasteiger partial charge on any atom is 0.183 e. The van der Waals surface area contributed by atoms with Crippen LogP contribution in [-0.2, 0) is 0 Å². The molecule has 6 rings (SSSR count). The van der Waals surface area contributed by atoms with Crippen molar-refractivity contribution in [1.29, 1.82) is 0 Å². The fraction of sp³-hybridized carbons (Fsp3) is 0.789. The standard InChI is InChI=1S/C19H29FN6/c20-14-10-22-19(16-13-5-2-8-21-17(13)26-25-16)24-18(14)23-15-9-11-3-1-4-12(15)7-6-11/h10-13,15-17,21,25-26H,1-9H2,(H,22,23,24). The Bertz CT molecular complexity index is 651.